The predicted molar refractivity (Wildman–Crippen MR) is 130 cm³/mol. The standard InChI is InChI=1S/C25H26F3N5OS/c1-17-11-13-18(14-12-17)23-31-32-24(33(23)20-8-3-2-4-9-20)35-16-22(34)30-29-15-19-7-5-6-10-21(19)25(26,27)28/h5-7,10-15,20H,2-4,8-9,16H2,1H3,(H,30,34)/b29-15+. The topological polar surface area (TPSA) is 72.2 Å². The molecule has 1 fully saturated rings. The average molecular weight is 502 g/mol. The molecule has 10 heteroatoms. The Morgan fingerprint density at radius 1 is 1.11 bits per heavy atom. The maximum atomic E-state index is 13.1. The molecule has 0 unspecified atom stereocenters. The van der Waals surface area contributed by atoms with Crippen LogP contribution in [0, 0.1) is 6.92 Å². The van der Waals surface area contributed by atoms with Crippen LogP contribution in [0.4, 0.5) is 13.2 Å². The fourth-order valence-corrected chi connectivity index (χ4v) is 4.95. The van der Waals surface area contributed by atoms with Crippen LogP contribution in [0.1, 0.15) is 54.8 Å². The summed E-state index contributed by atoms with van der Waals surface area (Å²) in [6.45, 7) is 2.03. The van der Waals surface area contributed by atoms with Gasteiger partial charge in [-0.2, -0.15) is 18.3 Å². The molecule has 0 radical (unpaired) electrons. The number of hydrogen-bond donors (Lipinski definition) is 1. The van der Waals surface area contributed by atoms with Gasteiger partial charge in [0, 0.05) is 17.2 Å². The number of benzene rings is 2. The number of hydrogen-bond acceptors (Lipinski definition) is 5. The average Bonchev–Trinajstić information content (AvgIpc) is 3.27. The Morgan fingerprint density at radius 3 is 2.54 bits per heavy atom. The van der Waals surface area contributed by atoms with E-state index in [1.165, 1.54) is 36.4 Å². The third-order valence-electron chi connectivity index (χ3n) is 5.91. The van der Waals surface area contributed by atoms with E-state index in [1.54, 1.807) is 0 Å². The third kappa shape index (κ3) is 6.30. The van der Waals surface area contributed by atoms with Crippen LogP contribution in [-0.2, 0) is 11.0 Å². The molecule has 1 aromatic heterocycles. The summed E-state index contributed by atoms with van der Waals surface area (Å²) in [6.07, 6.45) is 2.04. The normalized spacial score (nSPS) is 15.0. The molecule has 1 N–H and O–H groups in total. The molecule has 0 bridgehead atoms. The SMILES string of the molecule is Cc1ccc(-c2nnc(SCC(=O)N/N=C/c3ccccc3C(F)(F)F)n2C2CCCCC2)cc1. The Kier molecular flexibility index (Phi) is 7.90. The van der Waals surface area contributed by atoms with E-state index in [4.69, 9.17) is 0 Å². The van der Waals surface area contributed by atoms with Gasteiger partial charge in [0.15, 0.2) is 11.0 Å². The van der Waals surface area contributed by atoms with Gasteiger partial charge in [-0.3, -0.25) is 9.36 Å². The molecule has 35 heavy (non-hydrogen) atoms. The number of carbonyl (C=O) groups excluding carboxylic acids is 1. The van der Waals surface area contributed by atoms with Gasteiger partial charge in [-0.15, -0.1) is 10.2 Å². The minimum atomic E-state index is -4.50. The predicted octanol–water partition coefficient (Wildman–Crippen LogP) is 6.02. The lowest BCUT2D eigenvalue weighted by Crippen LogP contribution is -2.21. The van der Waals surface area contributed by atoms with Crippen LogP contribution in [0.2, 0.25) is 0 Å². The Bertz CT molecular complexity index is 1180. The lowest BCUT2D eigenvalue weighted by Gasteiger charge is -2.25. The number of rotatable bonds is 7. The van der Waals surface area contributed by atoms with Crippen LogP contribution >= 0.6 is 11.8 Å². The van der Waals surface area contributed by atoms with E-state index in [9.17, 15) is 18.0 Å². The number of alkyl halides is 3. The van der Waals surface area contributed by atoms with E-state index >= 15 is 0 Å². The number of carbonyl (C=O) groups is 1. The molecule has 4 rings (SSSR count). The number of aromatic nitrogens is 3. The van der Waals surface area contributed by atoms with E-state index in [0.29, 0.717) is 5.16 Å². The van der Waals surface area contributed by atoms with Gasteiger partial charge in [-0.05, 0) is 25.8 Å². The minimum absolute atomic E-state index is 0.0109. The smallest absolute Gasteiger partial charge is 0.299 e. The fraction of sp³-hybridized carbons (Fsp3) is 0.360. The first kappa shape index (κ1) is 25.0. The first-order chi connectivity index (χ1) is 16.8. The van der Waals surface area contributed by atoms with Crippen LogP contribution in [-0.4, -0.2) is 32.6 Å². The van der Waals surface area contributed by atoms with Crippen LogP contribution in [0.3, 0.4) is 0 Å². The van der Waals surface area contributed by atoms with Crippen LogP contribution in [0.25, 0.3) is 11.4 Å². The number of aryl methyl sites for hydroxylation is 1. The van der Waals surface area contributed by atoms with Gasteiger partial charge >= 0.3 is 6.18 Å². The molecule has 0 spiro atoms. The second kappa shape index (κ2) is 11.1. The number of thioether (sulfide) groups is 1. The van der Waals surface area contributed by atoms with Crippen molar-refractivity contribution in [3.63, 3.8) is 0 Å². The molecule has 1 aliphatic rings. The van der Waals surface area contributed by atoms with Crippen molar-refractivity contribution in [2.45, 2.75) is 56.4 Å². The highest BCUT2D eigenvalue weighted by Crippen LogP contribution is 2.35. The summed E-state index contributed by atoms with van der Waals surface area (Å²) in [5.74, 6) is 0.351. The van der Waals surface area contributed by atoms with Gasteiger partial charge in [0.1, 0.15) is 0 Å². The summed E-state index contributed by atoms with van der Waals surface area (Å²) < 4.78 is 41.5. The Balaban J connectivity index is 1.45. The molecule has 2 aromatic carbocycles. The molecular weight excluding hydrogens is 475 g/mol. The fourth-order valence-electron chi connectivity index (χ4n) is 4.15. The minimum Gasteiger partial charge on any atom is -0.299 e. The van der Waals surface area contributed by atoms with Crippen molar-refractivity contribution < 1.29 is 18.0 Å². The van der Waals surface area contributed by atoms with Crippen molar-refractivity contribution >= 4 is 23.9 Å². The Morgan fingerprint density at radius 2 is 1.83 bits per heavy atom. The molecule has 3 aromatic rings. The van der Waals surface area contributed by atoms with E-state index in [1.807, 2.05) is 31.2 Å². The Hall–Kier alpha value is -3.14. The van der Waals surface area contributed by atoms with Crippen molar-refractivity contribution in [2.75, 3.05) is 5.75 Å². The summed E-state index contributed by atoms with van der Waals surface area (Å²) in [5, 5.41) is 13.2. The van der Waals surface area contributed by atoms with Crippen molar-refractivity contribution in [3.05, 3.63) is 65.2 Å². The molecule has 0 atom stereocenters. The molecule has 0 aliphatic heterocycles. The molecule has 1 aliphatic carbocycles. The highest BCUT2D eigenvalue weighted by atomic mass is 32.2. The second-order valence-electron chi connectivity index (χ2n) is 8.50. The molecule has 1 amide bonds. The molecule has 1 saturated carbocycles. The monoisotopic (exact) mass is 501 g/mol. The van der Waals surface area contributed by atoms with Gasteiger partial charge in [0.2, 0.25) is 0 Å². The molecule has 184 valence electrons. The largest absolute Gasteiger partial charge is 0.417 e. The highest BCUT2D eigenvalue weighted by Gasteiger charge is 2.32. The van der Waals surface area contributed by atoms with Crippen molar-refractivity contribution in [2.24, 2.45) is 5.10 Å². The summed E-state index contributed by atoms with van der Waals surface area (Å²) in [7, 11) is 0. The lowest BCUT2D eigenvalue weighted by atomic mass is 9.95. The van der Waals surface area contributed by atoms with E-state index in [2.05, 4.69) is 25.3 Å². The second-order valence-corrected chi connectivity index (χ2v) is 9.44. The van der Waals surface area contributed by atoms with Gasteiger partial charge in [-0.1, -0.05) is 79.1 Å². The first-order valence-electron chi connectivity index (χ1n) is 11.5. The zero-order valence-electron chi connectivity index (χ0n) is 19.3. The lowest BCUT2D eigenvalue weighted by molar-refractivity contribution is -0.137. The van der Waals surface area contributed by atoms with Gasteiger partial charge in [0.05, 0.1) is 17.5 Å². The van der Waals surface area contributed by atoms with E-state index in [-0.39, 0.29) is 17.4 Å². The van der Waals surface area contributed by atoms with E-state index < -0.39 is 17.6 Å². The van der Waals surface area contributed by atoms with Gasteiger partial charge in [-0.25, -0.2) is 5.43 Å². The first-order valence-corrected chi connectivity index (χ1v) is 12.4. The third-order valence-corrected chi connectivity index (χ3v) is 6.85. The van der Waals surface area contributed by atoms with Gasteiger partial charge < -0.3 is 0 Å². The number of hydrazone groups is 1. The van der Waals surface area contributed by atoms with Gasteiger partial charge in [0.25, 0.3) is 5.91 Å². The summed E-state index contributed by atoms with van der Waals surface area (Å²) in [6, 6.07) is 13.4. The van der Waals surface area contributed by atoms with Crippen LogP contribution in [0.15, 0.2) is 58.8 Å². The van der Waals surface area contributed by atoms with Crippen molar-refractivity contribution in [1.82, 2.24) is 20.2 Å². The summed E-state index contributed by atoms with van der Waals surface area (Å²) >= 11 is 1.24. The van der Waals surface area contributed by atoms with E-state index in [0.717, 1.165) is 54.9 Å². The maximum Gasteiger partial charge on any atom is 0.417 e. The number of amides is 1. The molecule has 0 saturated heterocycles. The van der Waals surface area contributed by atoms with Crippen LogP contribution < -0.4 is 5.43 Å². The van der Waals surface area contributed by atoms with Crippen molar-refractivity contribution in [1.29, 1.82) is 0 Å². The Labute approximate surface area is 206 Å². The maximum absolute atomic E-state index is 13.1. The molecule has 6 nitrogen and oxygen atoms in total. The highest BCUT2D eigenvalue weighted by molar-refractivity contribution is 7.99. The summed E-state index contributed by atoms with van der Waals surface area (Å²) in [5.41, 5.74) is 3.51. The summed E-state index contributed by atoms with van der Waals surface area (Å²) in [4.78, 5) is 12.4. The molecular formula is C25H26F3N5OS. The quantitative estimate of drug-likeness (QED) is 0.244. The van der Waals surface area contributed by atoms with Crippen LogP contribution in [0.5, 0.6) is 0 Å². The van der Waals surface area contributed by atoms with Crippen molar-refractivity contribution in [3.8, 4) is 11.4 Å². The molecule has 1 heterocycles. The zero-order valence-corrected chi connectivity index (χ0v) is 20.1. The number of nitrogens with one attached hydrogen (secondary N) is 1. The number of nitrogens with zero attached hydrogens (tertiary/aromatic N) is 4. The number of halogens is 3. The zero-order chi connectivity index (χ0) is 24.8.